The van der Waals surface area contributed by atoms with Crippen molar-refractivity contribution in [3.63, 3.8) is 0 Å². The van der Waals surface area contributed by atoms with E-state index < -0.39 is 0 Å². The molecule has 1 aromatic rings. The van der Waals surface area contributed by atoms with Gasteiger partial charge in [0.2, 0.25) is 11.8 Å². The molecule has 0 saturated carbocycles. The number of imide groups is 1. The highest BCUT2D eigenvalue weighted by Crippen LogP contribution is 2.30. The standard InChI is InChI=1S/C11H9Cl2NO2/c12-8-3-1-6(5-9(8)13)7-2-4-10(15)14-11(7)16/h1,3,5,7H,2,4H2,(H,14,15,16). The third kappa shape index (κ3) is 2.20. The van der Waals surface area contributed by atoms with E-state index >= 15 is 0 Å². The van der Waals surface area contributed by atoms with E-state index in [0.717, 1.165) is 5.56 Å². The molecule has 2 rings (SSSR count). The third-order valence-corrected chi connectivity index (χ3v) is 3.32. The second kappa shape index (κ2) is 4.44. The van der Waals surface area contributed by atoms with Crippen molar-refractivity contribution in [1.82, 2.24) is 5.32 Å². The molecule has 0 bridgehead atoms. The molecular weight excluding hydrogens is 249 g/mol. The van der Waals surface area contributed by atoms with Crippen molar-refractivity contribution < 1.29 is 9.59 Å². The maximum absolute atomic E-state index is 11.6. The van der Waals surface area contributed by atoms with Crippen LogP contribution < -0.4 is 5.32 Å². The fraction of sp³-hybridized carbons (Fsp3) is 0.273. The van der Waals surface area contributed by atoms with Crippen LogP contribution in [0, 0.1) is 0 Å². The van der Waals surface area contributed by atoms with Crippen LogP contribution in [0.2, 0.25) is 10.0 Å². The van der Waals surface area contributed by atoms with Crippen molar-refractivity contribution in [3.8, 4) is 0 Å². The molecule has 3 nitrogen and oxygen atoms in total. The highest BCUT2D eigenvalue weighted by Gasteiger charge is 2.28. The fourth-order valence-corrected chi connectivity index (χ4v) is 2.05. The minimum Gasteiger partial charge on any atom is -0.296 e. The van der Waals surface area contributed by atoms with Crippen molar-refractivity contribution in [2.45, 2.75) is 18.8 Å². The van der Waals surface area contributed by atoms with Crippen LogP contribution in [0.3, 0.4) is 0 Å². The lowest BCUT2D eigenvalue weighted by molar-refractivity contribution is -0.134. The number of rotatable bonds is 1. The summed E-state index contributed by atoms with van der Waals surface area (Å²) in [5.74, 6) is -0.802. The number of hydrogen-bond acceptors (Lipinski definition) is 2. The van der Waals surface area contributed by atoms with Gasteiger partial charge in [-0.25, -0.2) is 0 Å². The van der Waals surface area contributed by atoms with Gasteiger partial charge in [0.15, 0.2) is 0 Å². The molecule has 0 aromatic heterocycles. The Morgan fingerprint density at radius 1 is 1.19 bits per heavy atom. The minimum atomic E-state index is -0.313. The molecule has 1 atom stereocenters. The first-order valence-corrected chi connectivity index (χ1v) is 5.62. The molecule has 1 fully saturated rings. The zero-order valence-corrected chi connectivity index (χ0v) is 9.81. The summed E-state index contributed by atoms with van der Waals surface area (Å²) in [6, 6.07) is 5.08. The van der Waals surface area contributed by atoms with Crippen LogP contribution in [-0.4, -0.2) is 11.8 Å². The fourth-order valence-electron chi connectivity index (χ4n) is 1.74. The zero-order chi connectivity index (χ0) is 11.7. The molecule has 1 N–H and O–H groups in total. The van der Waals surface area contributed by atoms with Gasteiger partial charge in [-0.05, 0) is 24.1 Å². The number of carbonyl (C=O) groups excluding carboxylic acids is 2. The summed E-state index contributed by atoms with van der Waals surface area (Å²) >= 11 is 11.7. The van der Waals surface area contributed by atoms with Crippen LogP contribution in [0.15, 0.2) is 18.2 Å². The van der Waals surface area contributed by atoms with Crippen LogP contribution in [0.4, 0.5) is 0 Å². The first kappa shape index (κ1) is 11.4. The number of benzene rings is 1. The first-order valence-electron chi connectivity index (χ1n) is 4.86. The van der Waals surface area contributed by atoms with Gasteiger partial charge in [-0.3, -0.25) is 14.9 Å². The molecule has 1 aliphatic heterocycles. The quantitative estimate of drug-likeness (QED) is 0.786. The van der Waals surface area contributed by atoms with E-state index in [1.54, 1.807) is 18.2 Å². The van der Waals surface area contributed by atoms with Crippen LogP contribution in [-0.2, 0) is 9.59 Å². The van der Waals surface area contributed by atoms with Crippen LogP contribution in [0.5, 0.6) is 0 Å². The molecule has 1 saturated heterocycles. The van der Waals surface area contributed by atoms with E-state index in [2.05, 4.69) is 5.32 Å². The Hall–Kier alpha value is -1.06. The Morgan fingerprint density at radius 3 is 2.56 bits per heavy atom. The lowest BCUT2D eigenvalue weighted by Gasteiger charge is -2.21. The van der Waals surface area contributed by atoms with Gasteiger partial charge >= 0.3 is 0 Å². The molecule has 1 aliphatic rings. The van der Waals surface area contributed by atoms with Gasteiger partial charge in [0, 0.05) is 6.42 Å². The molecule has 84 valence electrons. The van der Waals surface area contributed by atoms with Crippen molar-refractivity contribution in [2.75, 3.05) is 0 Å². The van der Waals surface area contributed by atoms with Crippen LogP contribution in [0.25, 0.3) is 0 Å². The van der Waals surface area contributed by atoms with Crippen molar-refractivity contribution in [3.05, 3.63) is 33.8 Å². The average molecular weight is 258 g/mol. The third-order valence-electron chi connectivity index (χ3n) is 2.59. The lowest BCUT2D eigenvalue weighted by Crippen LogP contribution is -2.39. The Bertz CT molecular complexity index is 459. The molecule has 1 unspecified atom stereocenters. The van der Waals surface area contributed by atoms with Gasteiger partial charge in [0.25, 0.3) is 0 Å². The normalized spacial score (nSPS) is 20.8. The highest BCUT2D eigenvalue weighted by atomic mass is 35.5. The summed E-state index contributed by atoms with van der Waals surface area (Å²) in [7, 11) is 0. The summed E-state index contributed by atoms with van der Waals surface area (Å²) in [6.45, 7) is 0. The number of hydrogen-bond donors (Lipinski definition) is 1. The zero-order valence-electron chi connectivity index (χ0n) is 8.30. The van der Waals surface area contributed by atoms with E-state index in [1.807, 2.05) is 0 Å². The van der Waals surface area contributed by atoms with Crippen molar-refractivity contribution >= 4 is 35.0 Å². The van der Waals surface area contributed by atoms with Crippen LogP contribution in [0.1, 0.15) is 24.3 Å². The van der Waals surface area contributed by atoms with Crippen molar-refractivity contribution in [2.24, 2.45) is 0 Å². The molecular formula is C11H9Cl2NO2. The van der Waals surface area contributed by atoms with Gasteiger partial charge in [-0.2, -0.15) is 0 Å². The van der Waals surface area contributed by atoms with Crippen molar-refractivity contribution in [1.29, 1.82) is 0 Å². The number of piperidine rings is 1. The number of nitrogens with one attached hydrogen (secondary N) is 1. The maximum Gasteiger partial charge on any atom is 0.234 e. The highest BCUT2D eigenvalue weighted by molar-refractivity contribution is 6.42. The largest absolute Gasteiger partial charge is 0.296 e. The molecule has 0 radical (unpaired) electrons. The van der Waals surface area contributed by atoms with Gasteiger partial charge in [0.1, 0.15) is 0 Å². The predicted octanol–water partition coefficient (Wildman–Crippen LogP) is 2.51. The molecule has 0 spiro atoms. The molecule has 16 heavy (non-hydrogen) atoms. The first-order chi connectivity index (χ1) is 7.58. The lowest BCUT2D eigenvalue weighted by atomic mass is 9.91. The topological polar surface area (TPSA) is 46.2 Å². The number of amides is 2. The SMILES string of the molecule is O=C1CCC(c2ccc(Cl)c(Cl)c2)C(=O)N1. The predicted molar refractivity (Wildman–Crippen MR) is 61.6 cm³/mol. The van der Waals surface area contributed by atoms with Gasteiger partial charge in [0.05, 0.1) is 16.0 Å². The Labute approximate surface area is 103 Å². The summed E-state index contributed by atoms with van der Waals surface area (Å²) in [6.07, 6.45) is 0.874. The molecule has 1 heterocycles. The second-order valence-corrected chi connectivity index (χ2v) is 4.49. The second-order valence-electron chi connectivity index (χ2n) is 3.68. The smallest absolute Gasteiger partial charge is 0.234 e. The Balaban J connectivity index is 2.27. The average Bonchev–Trinajstić information content (AvgIpc) is 2.22. The van der Waals surface area contributed by atoms with Crippen LogP contribution >= 0.6 is 23.2 Å². The van der Waals surface area contributed by atoms with E-state index in [-0.39, 0.29) is 17.7 Å². The van der Waals surface area contributed by atoms with E-state index in [4.69, 9.17) is 23.2 Å². The maximum atomic E-state index is 11.6. The molecule has 5 heteroatoms. The number of carbonyl (C=O) groups is 2. The summed E-state index contributed by atoms with van der Waals surface area (Å²) in [5.41, 5.74) is 0.791. The minimum absolute atomic E-state index is 0.221. The van der Waals surface area contributed by atoms with E-state index in [1.165, 1.54) is 0 Å². The van der Waals surface area contributed by atoms with Gasteiger partial charge in [-0.15, -0.1) is 0 Å². The summed E-state index contributed by atoms with van der Waals surface area (Å²) in [5, 5.41) is 3.18. The summed E-state index contributed by atoms with van der Waals surface area (Å²) < 4.78 is 0. The van der Waals surface area contributed by atoms with Gasteiger partial charge in [-0.1, -0.05) is 29.3 Å². The summed E-state index contributed by atoms with van der Waals surface area (Å²) in [4.78, 5) is 22.6. The number of halogens is 2. The molecule has 1 aromatic carbocycles. The van der Waals surface area contributed by atoms with E-state index in [0.29, 0.717) is 22.9 Å². The Morgan fingerprint density at radius 2 is 1.94 bits per heavy atom. The van der Waals surface area contributed by atoms with E-state index in [9.17, 15) is 9.59 Å². The molecule has 0 aliphatic carbocycles. The monoisotopic (exact) mass is 257 g/mol. The van der Waals surface area contributed by atoms with Gasteiger partial charge < -0.3 is 0 Å². The Kier molecular flexibility index (Phi) is 3.17. The molecule has 2 amide bonds.